The summed E-state index contributed by atoms with van der Waals surface area (Å²) in [5.41, 5.74) is 2.21. The van der Waals surface area contributed by atoms with Gasteiger partial charge in [0.2, 0.25) is 0 Å². The molecule has 0 aromatic heterocycles. The van der Waals surface area contributed by atoms with E-state index in [4.69, 9.17) is 4.74 Å². The number of hydrogen-bond acceptors (Lipinski definition) is 3. The van der Waals surface area contributed by atoms with Gasteiger partial charge in [0.05, 0.1) is 12.5 Å². The van der Waals surface area contributed by atoms with Crippen molar-refractivity contribution in [2.45, 2.75) is 19.4 Å². The Bertz CT molecular complexity index is 672. The Balaban J connectivity index is 1.78. The van der Waals surface area contributed by atoms with Crippen molar-refractivity contribution in [3.05, 3.63) is 71.5 Å². The SMILES string of the molecule is CCOC(=O)[C@@H]1CN(Cc2ccccc2)C[C@@H]1c1ccc(F)cc1. The number of carbonyl (C=O) groups is 1. The fourth-order valence-electron chi connectivity index (χ4n) is 3.39. The average Bonchev–Trinajstić information content (AvgIpc) is 3.00. The van der Waals surface area contributed by atoms with Crippen LogP contribution in [0, 0.1) is 11.7 Å². The number of carbonyl (C=O) groups excluding carboxylic acids is 1. The zero-order valence-corrected chi connectivity index (χ0v) is 13.8. The van der Waals surface area contributed by atoms with Crippen molar-refractivity contribution < 1.29 is 13.9 Å². The first-order chi connectivity index (χ1) is 11.7. The molecule has 1 aliphatic rings. The first-order valence-electron chi connectivity index (χ1n) is 8.35. The van der Waals surface area contributed by atoms with Gasteiger partial charge < -0.3 is 4.74 Å². The minimum Gasteiger partial charge on any atom is -0.466 e. The van der Waals surface area contributed by atoms with Crippen LogP contribution < -0.4 is 0 Å². The second-order valence-corrected chi connectivity index (χ2v) is 6.20. The van der Waals surface area contributed by atoms with Crippen molar-refractivity contribution in [2.75, 3.05) is 19.7 Å². The maximum absolute atomic E-state index is 13.2. The third-order valence-electron chi connectivity index (χ3n) is 4.53. The average molecular weight is 327 g/mol. The highest BCUT2D eigenvalue weighted by atomic mass is 19.1. The Hall–Kier alpha value is -2.20. The first kappa shape index (κ1) is 16.7. The van der Waals surface area contributed by atoms with E-state index in [-0.39, 0.29) is 23.6 Å². The van der Waals surface area contributed by atoms with Crippen molar-refractivity contribution in [3.8, 4) is 0 Å². The molecule has 0 aliphatic carbocycles. The van der Waals surface area contributed by atoms with Gasteiger partial charge in [0.1, 0.15) is 5.82 Å². The van der Waals surface area contributed by atoms with Crippen LogP contribution in [-0.4, -0.2) is 30.6 Å². The molecule has 3 rings (SSSR count). The highest BCUT2D eigenvalue weighted by molar-refractivity contribution is 5.74. The van der Waals surface area contributed by atoms with E-state index in [2.05, 4.69) is 17.0 Å². The molecule has 0 amide bonds. The van der Waals surface area contributed by atoms with Crippen molar-refractivity contribution >= 4 is 5.97 Å². The lowest BCUT2D eigenvalue weighted by atomic mass is 9.89. The molecule has 126 valence electrons. The minimum absolute atomic E-state index is 0.0355. The molecule has 0 bridgehead atoms. The van der Waals surface area contributed by atoms with E-state index in [0.29, 0.717) is 13.2 Å². The van der Waals surface area contributed by atoms with Crippen molar-refractivity contribution in [1.29, 1.82) is 0 Å². The molecule has 1 heterocycles. The smallest absolute Gasteiger partial charge is 0.310 e. The molecule has 1 fully saturated rings. The van der Waals surface area contributed by atoms with Crippen molar-refractivity contribution in [2.24, 2.45) is 5.92 Å². The fourth-order valence-corrected chi connectivity index (χ4v) is 3.39. The lowest BCUT2D eigenvalue weighted by molar-refractivity contribution is -0.148. The number of rotatable bonds is 5. The van der Waals surface area contributed by atoms with Crippen molar-refractivity contribution in [1.82, 2.24) is 4.90 Å². The number of hydrogen-bond donors (Lipinski definition) is 0. The van der Waals surface area contributed by atoms with Crippen LogP contribution in [0.2, 0.25) is 0 Å². The minimum atomic E-state index is -0.259. The third kappa shape index (κ3) is 3.82. The second-order valence-electron chi connectivity index (χ2n) is 6.20. The highest BCUT2D eigenvalue weighted by Crippen LogP contribution is 2.34. The predicted molar refractivity (Wildman–Crippen MR) is 91.0 cm³/mol. The number of likely N-dealkylation sites (tertiary alicyclic amines) is 1. The lowest BCUT2D eigenvalue weighted by Crippen LogP contribution is -2.25. The van der Waals surface area contributed by atoms with Gasteiger partial charge in [-0.1, -0.05) is 42.5 Å². The largest absolute Gasteiger partial charge is 0.466 e. The van der Waals surface area contributed by atoms with Gasteiger partial charge in [0, 0.05) is 25.6 Å². The summed E-state index contributed by atoms with van der Waals surface area (Å²) in [5.74, 6) is -0.597. The molecule has 2 atom stereocenters. The van der Waals surface area contributed by atoms with E-state index in [1.165, 1.54) is 17.7 Å². The number of nitrogens with zero attached hydrogens (tertiary/aromatic N) is 1. The Labute approximate surface area is 142 Å². The molecule has 1 aliphatic heterocycles. The van der Waals surface area contributed by atoms with Gasteiger partial charge in [0.15, 0.2) is 0 Å². The molecule has 0 spiro atoms. The van der Waals surface area contributed by atoms with Crippen LogP contribution in [0.15, 0.2) is 54.6 Å². The number of ether oxygens (including phenoxy) is 1. The Morgan fingerprint density at radius 2 is 1.83 bits per heavy atom. The van der Waals surface area contributed by atoms with Gasteiger partial charge in [0.25, 0.3) is 0 Å². The van der Waals surface area contributed by atoms with E-state index in [1.54, 1.807) is 12.1 Å². The Morgan fingerprint density at radius 1 is 1.12 bits per heavy atom. The monoisotopic (exact) mass is 327 g/mol. The molecule has 1 saturated heterocycles. The molecule has 24 heavy (non-hydrogen) atoms. The van der Waals surface area contributed by atoms with Crippen LogP contribution in [0.1, 0.15) is 24.0 Å². The van der Waals surface area contributed by atoms with Gasteiger partial charge in [-0.2, -0.15) is 0 Å². The third-order valence-corrected chi connectivity index (χ3v) is 4.53. The molecule has 3 nitrogen and oxygen atoms in total. The van der Waals surface area contributed by atoms with E-state index in [9.17, 15) is 9.18 Å². The summed E-state index contributed by atoms with van der Waals surface area (Å²) < 4.78 is 18.5. The summed E-state index contributed by atoms with van der Waals surface area (Å²) in [6, 6.07) is 16.7. The van der Waals surface area contributed by atoms with Crippen LogP contribution in [0.5, 0.6) is 0 Å². The predicted octanol–water partition coefficient (Wildman–Crippen LogP) is 3.60. The topological polar surface area (TPSA) is 29.5 Å². The van der Waals surface area contributed by atoms with Gasteiger partial charge in [-0.05, 0) is 30.2 Å². The van der Waals surface area contributed by atoms with E-state index in [0.717, 1.165) is 18.7 Å². The molecular weight excluding hydrogens is 305 g/mol. The molecule has 2 aromatic rings. The molecule has 0 radical (unpaired) electrons. The van der Waals surface area contributed by atoms with Gasteiger partial charge in [-0.15, -0.1) is 0 Å². The van der Waals surface area contributed by atoms with Gasteiger partial charge in [-0.25, -0.2) is 4.39 Å². The zero-order valence-electron chi connectivity index (χ0n) is 13.8. The zero-order chi connectivity index (χ0) is 16.9. The van der Waals surface area contributed by atoms with Crippen LogP contribution in [0.25, 0.3) is 0 Å². The summed E-state index contributed by atoms with van der Waals surface area (Å²) in [6.07, 6.45) is 0. The van der Waals surface area contributed by atoms with Gasteiger partial charge in [-0.3, -0.25) is 9.69 Å². The lowest BCUT2D eigenvalue weighted by Gasteiger charge is -2.17. The van der Waals surface area contributed by atoms with Gasteiger partial charge >= 0.3 is 5.97 Å². The quantitative estimate of drug-likeness (QED) is 0.786. The first-order valence-corrected chi connectivity index (χ1v) is 8.35. The molecule has 2 aromatic carbocycles. The van der Waals surface area contributed by atoms with Crippen LogP contribution in [-0.2, 0) is 16.1 Å². The maximum Gasteiger partial charge on any atom is 0.310 e. The molecule has 0 saturated carbocycles. The summed E-state index contributed by atoms with van der Waals surface area (Å²) in [4.78, 5) is 14.6. The Kier molecular flexibility index (Phi) is 5.26. The molecule has 0 N–H and O–H groups in total. The fraction of sp³-hybridized carbons (Fsp3) is 0.350. The van der Waals surface area contributed by atoms with E-state index in [1.807, 2.05) is 25.1 Å². The number of esters is 1. The van der Waals surface area contributed by atoms with E-state index >= 15 is 0 Å². The summed E-state index contributed by atoms with van der Waals surface area (Å²) >= 11 is 0. The van der Waals surface area contributed by atoms with Crippen LogP contribution >= 0.6 is 0 Å². The van der Waals surface area contributed by atoms with Crippen molar-refractivity contribution in [3.63, 3.8) is 0 Å². The summed E-state index contributed by atoms with van der Waals surface area (Å²) in [6.45, 7) is 4.43. The number of halogens is 1. The summed E-state index contributed by atoms with van der Waals surface area (Å²) in [5, 5.41) is 0. The van der Waals surface area contributed by atoms with Crippen LogP contribution in [0.4, 0.5) is 4.39 Å². The second kappa shape index (κ2) is 7.58. The standard InChI is InChI=1S/C20H22FNO2/c1-2-24-20(23)19-14-22(12-15-6-4-3-5-7-15)13-18(19)16-8-10-17(21)11-9-16/h3-11,18-19H,2,12-14H2,1H3/t18-,19-/m1/s1. The highest BCUT2D eigenvalue weighted by Gasteiger charge is 2.39. The Morgan fingerprint density at radius 3 is 2.50 bits per heavy atom. The summed E-state index contributed by atoms with van der Waals surface area (Å²) in [7, 11) is 0. The normalized spacial score (nSPS) is 20.9. The van der Waals surface area contributed by atoms with Crippen LogP contribution in [0.3, 0.4) is 0 Å². The molecule has 0 unspecified atom stereocenters. The molecule has 4 heteroatoms. The van der Waals surface area contributed by atoms with E-state index < -0.39 is 0 Å². The number of benzene rings is 2. The maximum atomic E-state index is 13.2. The molecular formula is C20H22FNO2.